The minimum Gasteiger partial charge on any atom is -0.306 e. The van der Waals surface area contributed by atoms with Crippen LogP contribution < -0.4 is 5.56 Å². The lowest BCUT2D eigenvalue weighted by atomic mass is 10.2. The summed E-state index contributed by atoms with van der Waals surface area (Å²) in [6, 6.07) is 15.2. The van der Waals surface area contributed by atoms with E-state index in [1.165, 1.54) is 18.3 Å². The average Bonchev–Trinajstić information content (AvgIpc) is 3.07. The van der Waals surface area contributed by atoms with Crippen LogP contribution in [-0.2, 0) is 0 Å². The van der Waals surface area contributed by atoms with E-state index >= 15 is 0 Å². The maximum Gasteiger partial charge on any atom is 0.270 e. The van der Waals surface area contributed by atoms with E-state index in [1.807, 2.05) is 30.3 Å². The molecule has 2 heterocycles. The molecule has 122 valence electrons. The van der Waals surface area contributed by atoms with Crippen molar-refractivity contribution < 1.29 is 4.92 Å². The van der Waals surface area contributed by atoms with Crippen LogP contribution >= 0.6 is 0 Å². The minimum absolute atomic E-state index is 0.0724. The summed E-state index contributed by atoms with van der Waals surface area (Å²) < 4.78 is 1.56. The number of aromatic amines is 1. The van der Waals surface area contributed by atoms with E-state index in [0.29, 0.717) is 16.6 Å². The van der Waals surface area contributed by atoms with E-state index in [-0.39, 0.29) is 17.1 Å². The molecule has 25 heavy (non-hydrogen) atoms. The number of rotatable bonds is 3. The number of nitro benzene ring substituents is 1. The third-order valence-electron chi connectivity index (χ3n) is 3.77. The second-order valence-electron chi connectivity index (χ2n) is 5.35. The Balaban J connectivity index is 1.94. The van der Waals surface area contributed by atoms with Gasteiger partial charge >= 0.3 is 0 Å². The van der Waals surface area contributed by atoms with Gasteiger partial charge in [-0.05, 0) is 12.1 Å². The maximum atomic E-state index is 12.4. The SMILES string of the molecule is O=c1[nH]c(-c2cccc([N+](=O)[O-])c2)nc2c1cnn2-c1ccccc1. The summed E-state index contributed by atoms with van der Waals surface area (Å²) in [5, 5.41) is 15.5. The molecule has 8 heteroatoms. The summed E-state index contributed by atoms with van der Waals surface area (Å²) in [5.74, 6) is 0.249. The Morgan fingerprint density at radius 3 is 2.64 bits per heavy atom. The van der Waals surface area contributed by atoms with Gasteiger partial charge in [-0.3, -0.25) is 14.9 Å². The molecule has 0 saturated carbocycles. The molecule has 1 N–H and O–H groups in total. The predicted octanol–water partition coefficient (Wildman–Crippen LogP) is 2.68. The third kappa shape index (κ3) is 2.55. The lowest BCUT2D eigenvalue weighted by molar-refractivity contribution is -0.384. The van der Waals surface area contributed by atoms with Gasteiger partial charge in [0.15, 0.2) is 5.65 Å². The van der Waals surface area contributed by atoms with Crippen molar-refractivity contribution in [1.29, 1.82) is 0 Å². The minimum atomic E-state index is -0.492. The quantitative estimate of drug-likeness (QED) is 0.458. The lowest BCUT2D eigenvalue weighted by Gasteiger charge is -2.04. The fourth-order valence-corrected chi connectivity index (χ4v) is 2.58. The van der Waals surface area contributed by atoms with Crippen LogP contribution in [0.3, 0.4) is 0 Å². The monoisotopic (exact) mass is 333 g/mol. The average molecular weight is 333 g/mol. The van der Waals surface area contributed by atoms with Crippen molar-refractivity contribution >= 4 is 16.7 Å². The maximum absolute atomic E-state index is 12.4. The van der Waals surface area contributed by atoms with Gasteiger partial charge in [0.25, 0.3) is 11.2 Å². The second-order valence-corrected chi connectivity index (χ2v) is 5.35. The molecule has 0 spiro atoms. The predicted molar refractivity (Wildman–Crippen MR) is 91.6 cm³/mol. The summed E-state index contributed by atoms with van der Waals surface area (Å²) in [6.45, 7) is 0. The van der Waals surface area contributed by atoms with Crippen LogP contribution in [0.5, 0.6) is 0 Å². The van der Waals surface area contributed by atoms with E-state index in [2.05, 4.69) is 15.1 Å². The second kappa shape index (κ2) is 5.68. The number of nitrogens with one attached hydrogen (secondary N) is 1. The Bertz CT molecular complexity index is 1150. The van der Waals surface area contributed by atoms with Crippen molar-refractivity contribution in [1.82, 2.24) is 19.7 Å². The Morgan fingerprint density at radius 2 is 1.88 bits per heavy atom. The summed E-state index contributed by atoms with van der Waals surface area (Å²) >= 11 is 0. The first-order valence-corrected chi connectivity index (χ1v) is 7.42. The number of fused-ring (bicyclic) bond motifs is 1. The molecular formula is C17H11N5O3. The van der Waals surface area contributed by atoms with Crippen molar-refractivity contribution in [3.05, 3.63) is 81.3 Å². The number of non-ortho nitro benzene ring substituents is 1. The lowest BCUT2D eigenvalue weighted by Crippen LogP contribution is -2.10. The van der Waals surface area contributed by atoms with Gasteiger partial charge < -0.3 is 4.98 Å². The highest BCUT2D eigenvalue weighted by molar-refractivity contribution is 5.77. The Morgan fingerprint density at radius 1 is 1.08 bits per heavy atom. The van der Waals surface area contributed by atoms with Crippen LogP contribution in [0.25, 0.3) is 28.1 Å². The van der Waals surface area contributed by atoms with Crippen molar-refractivity contribution in [3.63, 3.8) is 0 Å². The molecule has 2 aromatic heterocycles. The highest BCUT2D eigenvalue weighted by atomic mass is 16.6. The van der Waals surface area contributed by atoms with Crippen LogP contribution in [0, 0.1) is 10.1 Å². The molecule has 0 aliphatic rings. The van der Waals surface area contributed by atoms with Crippen LogP contribution in [-0.4, -0.2) is 24.7 Å². The van der Waals surface area contributed by atoms with Gasteiger partial charge in [-0.15, -0.1) is 0 Å². The Hall–Kier alpha value is -3.81. The number of H-pyrrole nitrogens is 1. The molecule has 0 bridgehead atoms. The molecule has 0 atom stereocenters. The van der Waals surface area contributed by atoms with Gasteiger partial charge in [-0.1, -0.05) is 30.3 Å². The Kier molecular flexibility index (Phi) is 3.35. The molecule has 4 rings (SSSR count). The van der Waals surface area contributed by atoms with Gasteiger partial charge in [0, 0.05) is 17.7 Å². The standard InChI is InChI=1S/C17H11N5O3/c23-17-14-10-18-21(12-6-2-1-3-7-12)16(14)19-15(20-17)11-5-4-8-13(9-11)22(24)25/h1-10H,(H,19,20,23). The van der Waals surface area contributed by atoms with Crippen LogP contribution in [0.1, 0.15) is 0 Å². The fraction of sp³-hybridized carbons (Fsp3) is 0. The van der Waals surface area contributed by atoms with Crippen LogP contribution in [0.4, 0.5) is 5.69 Å². The smallest absolute Gasteiger partial charge is 0.270 e. The zero-order valence-electron chi connectivity index (χ0n) is 12.8. The van der Waals surface area contributed by atoms with E-state index in [4.69, 9.17) is 0 Å². The van der Waals surface area contributed by atoms with Crippen molar-refractivity contribution in [2.24, 2.45) is 0 Å². The largest absolute Gasteiger partial charge is 0.306 e. The van der Waals surface area contributed by atoms with E-state index in [1.54, 1.807) is 16.8 Å². The molecule has 0 fully saturated rings. The molecule has 0 amide bonds. The first-order chi connectivity index (χ1) is 12.1. The molecule has 4 aromatic rings. The first kappa shape index (κ1) is 14.8. The van der Waals surface area contributed by atoms with E-state index < -0.39 is 4.92 Å². The summed E-state index contributed by atoms with van der Waals surface area (Å²) in [4.78, 5) is 29.9. The summed E-state index contributed by atoms with van der Waals surface area (Å²) in [7, 11) is 0. The molecule has 0 saturated heterocycles. The van der Waals surface area contributed by atoms with Crippen LogP contribution in [0.15, 0.2) is 65.6 Å². The van der Waals surface area contributed by atoms with Gasteiger partial charge in [0.2, 0.25) is 0 Å². The molecule has 0 aliphatic carbocycles. The molecule has 0 radical (unpaired) electrons. The van der Waals surface area contributed by atoms with Gasteiger partial charge in [-0.25, -0.2) is 9.67 Å². The van der Waals surface area contributed by atoms with Gasteiger partial charge in [0.05, 0.1) is 16.8 Å². The normalized spacial score (nSPS) is 10.9. The summed E-state index contributed by atoms with van der Waals surface area (Å²) in [6.07, 6.45) is 1.45. The molecule has 0 unspecified atom stereocenters. The number of aromatic nitrogens is 4. The van der Waals surface area contributed by atoms with Crippen molar-refractivity contribution in [2.75, 3.05) is 0 Å². The zero-order chi connectivity index (χ0) is 17.4. The number of hydrogen-bond donors (Lipinski definition) is 1. The number of para-hydroxylation sites is 1. The molecule has 8 nitrogen and oxygen atoms in total. The first-order valence-electron chi connectivity index (χ1n) is 7.42. The van der Waals surface area contributed by atoms with Gasteiger partial charge in [-0.2, -0.15) is 5.10 Å². The molecule has 2 aromatic carbocycles. The third-order valence-corrected chi connectivity index (χ3v) is 3.77. The topological polar surface area (TPSA) is 107 Å². The van der Waals surface area contributed by atoms with Gasteiger partial charge in [0.1, 0.15) is 11.2 Å². The highest BCUT2D eigenvalue weighted by Gasteiger charge is 2.14. The summed E-state index contributed by atoms with van der Waals surface area (Å²) in [5.41, 5.74) is 1.18. The molecule has 0 aliphatic heterocycles. The fourth-order valence-electron chi connectivity index (χ4n) is 2.58. The highest BCUT2D eigenvalue weighted by Crippen LogP contribution is 2.22. The van der Waals surface area contributed by atoms with Crippen molar-refractivity contribution in [2.45, 2.75) is 0 Å². The molecular weight excluding hydrogens is 322 g/mol. The van der Waals surface area contributed by atoms with E-state index in [0.717, 1.165) is 5.69 Å². The van der Waals surface area contributed by atoms with Crippen molar-refractivity contribution in [3.8, 4) is 17.1 Å². The number of nitro groups is 1. The Labute approximate surface area is 140 Å². The number of benzene rings is 2. The zero-order valence-corrected chi connectivity index (χ0v) is 12.8. The number of hydrogen-bond acceptors (Lipinski definition) is 5. The number of nitrogens with zero attached hydrogens (tertiary/aromatic N) is 4. The van der Waals surface area contributed by atoms with E-state index in [9.17, 15) is 14.9 Å². The van der Waals surface area contributed by atoms with Crippen LogP contribution in [0.2, 0.25) is 0 Å².